The minimum absolute atomic E-state index is 0.0602. The first-order valence-corrected chi connectivity index (χ1v) is 7.32. The Bertz CT molecular complexity index is 917. The number of cyclic esters (lactones) is 1. The van der Waals surface area contributed by atoms with Crippen LogP contribution in [0.25, 0.3) is 0 Å². The van der Waals surface area contributed by atoms with Gasteiger partial charge in [-0.05, 0) is 43.3 Å². The lowest BCUT2D eigenvalue weighted by molar-refractivity contribution is 0.0526. The Hall–Kier alpha value is -3.28. The molecule has 0 amide bonds. The molecule has 1 aliphatic heterocycles. The van der Waals surface area contributed by atoms with Gasteiger partial charge in [0.15, 0.2) is 0 Å². The van der Waals surface area contributed by atoms with Crippen LogP contribution in [0.5, 0.6) is 0 Å². The van der Waals surface area contributed by atoms with Gasteiger partial charge in [-0.2, -0.15) is 0 Å². The number of ether oxygens (including phenoxy) is 2. The predicted octanol–water partition coefficient (Wildman–Crippen LogP) is 2.47. The fourth-order valence-electron chi connectivity index (χ4n) is 2.24. The molecular formula is C18H13NO5. The molecule has 2 aromatic rings. The third kappa shape index (κ3) is 2.94. The lowest BCUT2D eigenvalue weighted by atomic mass is 10.1. The van der Waals surface area contributed by atoms with Crippen LogP contribution in [0.4, 0.5) is 5.69 Å². The molecule has 0 unspecified atom stereocenters. The molecule has 0 saturated carbocycles. The molecule has 1 aliphatic rings. The molecule has 0 atom stereocenters. The van der Waals surface area contributed by atoms with Crippen LogP contribution >= 0.6 is 0 Å². The van der Waals surface area contributed by atoms with Crippen molar-refractivity contribution in [1.82, 2.24) is 0 Å². The third-order valence-electron chi connectivity index (χ3n) is 3.39. The highest BCUT2D eigenvalue weighted by atomic mass is 16.5. The highest BCUT2D eigenvalue weighted by Crippen LogP contribution is 2.22. The zero-order valence-corrected chi connectivity index (χ0v) is 12.8. The Morgan fingerprint density at radius 1 is 1.04 bits per heavy atom. The van der Waals surface area contributed by atoms with E-state index in [0.717, 1.165) is 0 Å². The molecule has 0 N–H and O–H groups in total. The van der Waals surface area contributed by atoms with Crippen molar-refractivity contribution in [2.45, 2.75) is 6.92 Å². The van der Waals surface area contributed by atoms with Gasteiger partial charge >= 0.3 is 11.9 Å². The number of aliphatic imine (C=N–C) groups is 1. The highest BCUT2D eigenvalue weighted by molar-refractivity contribution is 6.17. The van der Waals surface area contributed by atoms with Crippen molar-refractivity contribution in [3.8, 4) is 0 Å². The Morgan fingerprint density at radius 2 is 1.75 bits per heavy atom. The van der Waals surface area contributed by atoms with Crippen molar-refractivity contribution in [1.29, 1.82) is 0 Å². The quantitative estimate of drug-likeness (QED) is 0.810. The second-order valence-corrected chi connectivity index (χ2v) is 4.94. The van der Waals surface area contributed by atoms with Crippen molar-refractivity contribution in [2.75, 3.05) is 6.61 Å². The largest absolute Gasteiger partial charge is 0.462 e. The number of hydrogen-bond donors (Lipinski definition) is 0. The Balaban J connectivity index is 2.02. The smallest absolute Gasteiger partial charge is 0.345 e. The van der Waals surface area contributed by atoms with E-state index >= 15 is 0 Å². The van der Waals surface area contributed by atoms with Crippen molar-refractivity contribution < 1.29 is 19.1 Å². The molecule has 120 valence electrons. The molecule has 3 rings (SSSR count). The Morgan fingerprint density at radius 3 is 2.50 bits per heavy atom. The molecule has 0 aliphatic carbocycles. The standard InChI is InChI=1S/C18H13NO5/c1-2-23-17(21)11-7-9-14(15(20)10-8-11)19-16-12-5-3-4-6-13(12)18(22)24-16/h3-10H,2H2,1H3. The summed E-state index contributed by atoms with van der Waals surface area (Å²) >= 11 is 0. The maximum Gasteiger partial charge on any atom is 0.345 e. The lowest BCUT2D eigenvalue weighted by Gasteiger charge is -1.98. The molecule has 0 radical (unpaired) electrons. The number of carbonyl (C=O) groups is 2. The number of carbonyl (C=O) groups excluding carboxylic acids is 2. The van der Waals surface area contributed by atoms with E-state index in [1.807, 2.05) is 0 Å². The number of nitrogens with zero attached hydrogens (tertiary/aromatic N) is 1. The average molecular weight is 323 g/mol. The molecule has 0 fully saturated rings. The number of esters is 2. The van der Waals surface area contributed by atoms with E-state index in [9.17, 15) is 14.4 Å². The number of hydrogen-bond acceptors (Lipinski definition) is 6. The summed E-state index contributed by atoms with van der Waals surface area (Å²) in [5.41, 5.74) is 0.822. The van der Waals surface area contributed by atoms with Crippen LogP contribution in [0.2, 0.25) is 0 Å². The van der Waals surface area contributed by atoms with Gasteiger partial charge in [0, 0.05) is 0 Å². The molecule has 6 heteroatoms. The van der Waals surface area contributed by atoms with E-state index < -0.39 is 17.4 Å². The van der Waals surface area contributed by atoms with Gasteiger partial charge in [-0.25, -0.2) is 14.6 Å². The fourth-order valence-corrected chi connectivity index (χ4v) is 2.24. The van der Waals surface area contributed by atoms with E-state index in [0.29, 0.717) is 11.1 Å². The minimum Gasteiger partial charge on any atom is -0.462 e. The second-order valence-electron chi connectivity index (χ2n) is 4.94. The van der Waals surface area contributed by atoms with Gasteiger partial charge in [-0.15, -0.1) is 0 Å². The fraction of sp³-hybridized carbons (Fsp3) is 0.111. The van der Waals surface area contributed by atoms with Crippen LogP contribution in [0, 0.1) is 0 Å². The molecule has 0 aromatic heterocycles. The highest BCUT2D eigenvalue weighted by Gasteiger charge is 2.27. The van der Waals surface area contributed by atoms with E-state index in [4.69, 9.17) is 9.47 Å². The molecule has 0 spiro atoms. The summed E-state index contributed by atoms with van der Waals surface area (Å²) in [6, 6.07) is 12.2. The summed E-state index contributed by atoms with van der Waals surface area (Å²) in [5.74, 6) is -0.967. The van der Waals surface area contributed by atoms with Crippen molar-refractivity contribution in [2.24, 2.45) is 4.99 Å². The zero-order chi connectivity index (χ0) is 17.1. The summed E-state index contributed by atoms with van der Waals surface area (Å²) < 4.78 is 10.0. The van der Waals surface area contributed by atoms with Crippen LogP contribution in [0.3, 0.4) is 0 Å². The minimum atomic E-state index is -0.524. The van der Waals surface area contributed by atoms with E-state index in [2.05, 4.69) is 4.99 Å². The summed E-state index contributed by atoms with van der Waals surface area (Å²) in [5, 5.41) is 0. The first kappa shape index (κ1) is 15.6. The summed E-state index contributed by atoms with van der Waals surface area (Å²) in [6.07, 6.45) is 0. The lowest BCUT2D eigenvalue weighted by Crippen LogP contribution is -2.03. The van der Waals surface area contributed by atoms with Gasteiger partial charge < -0.3 is 9.47 Å². The van der Waals surface area contributed by atoms with E-state index in [1.54, 1.807) is 31.2 Å². The first-order valence-electron chi connectivity index (χ1n) is 7.32. The Kier molecular flexibility index (Phi) is 4.20. The average Bonchev–Trinajstić information content (AvgIpc) is 2.77. The van der Waals surface area contributed by atoms with Gasteiger partial charge in [0.2, 0.25) is 11.3 Å². The predicted molar refractivity (Wildman–Crippen MR) is 86.7 cm³/mol. The van der Waals surface area contributed by atoms with Crippen molar-refractivity contribution in [3.05, 3.63) is 75.4 Å². The van der Waals surface area contributed by atoms with Gasteiger partial charge in [0.1, 0.15) is 5.69 Å². The molecule has 24 heavy (non-hydrogen) atoms. The monoisotopic (exact) mass is 323 g/mol. The number of benzene rings is 1. The van der Waals surface area contributed by atoms with Crippen LogP contribution in [-0.4, -0.2) is 24.4 Å². The molecule has 1 heterocycles. The normalized spacial score (nSPS) is 14.2. The number of rotatable bonds is 3. The molecule has 6 nitrogen and oxygen atoms in total. The van der Waals surface area contributed by atoms with Gasteiger partial charge in [0.25, 0.3) is 0 Å². The maximum atomic E-state index is 12.1. The molecule has 0 saturated heterocycles. The number of fused-ring (bicyclic) bond motifs is 1. The van der Waals surface area contributed by atoms with Crippen LogP contribution < -0.4 is 5.43 Å². The van der Waals surface area contributed by atoms with Crippen LogP contribution in [-0.2, 0) is 9.47 Å². The first-order chi connectivity index (χ1) is 11.6. The van der Waals surface area contributed by atoms with E-state index in [1.165, 1.54) is 24.3 Å². The van der Waals surface area contributed by atoms with Gasteiger partial charge in [-0.1, -0.05) is 12.1 Å². The van der Waals surface area contributed by atoms with Crippen LogP contribution in [0.1, 0.15) is 33.2 Å². The van der Waals surface area contributed by atoms with Crippen molar-refractivity contribution in [3.63, 3.8) is 0 Å². The van der Waals surface area contributed by atoms with Gasteiger partial charge in [0.05, 0.1) is 23.3 Å². The Labute approximate surface area is 137 Å². The van der Waals surface area contributed by atoms with Gasteiger partial charge in [-0.3, -0.25) is 4.79 Å². The summed E-state index contributed by atoms with van der Waals surface area (Å²) in [4.78, 5) is 39.8. The van der Waals surface area contributed by atoms with Crippen molar-refractivity contribution >= 4 is 23.5 Å². The molecule has 0 bridgehead atoms. The topological polar surface area (TPSA) is 82.0 Å². The maximum absolute atomic E-state index is 12.1. The summed E-state index contributed by atoms with van der Waals surface area (Å²) in [7, 11) is 0. The molecular weight excluding hydrogens is 310 g/mol. The van der Waals surface area contributed by atoms with Crippen LogP contribution in [0.15, 0.2) is 58.3 Å². The SMILES string of the molecule is CCOC(=O)c1ccc(N=C2OC(=O)c3ccccc32)c(=O)cc1. The molecule has 2 aromatic carbocycles. The van der Waals surface area contributed by atoms with E-state index in [-0.39, 0.29) is 23.8 Å². The second kappa shape index (κ2) is 6.45. The zero-order valence-electron chi connectivity index (χ0n) is 12.8. The third-order valence-corrected chi connectivity index (χ3v) is 3.39. The summed E-state index contributed by atoms with van der Waals surface area (Å²) in [6.45, 7) is 1.94.